The number of halogens is 1. The number of carbonyl (C=O) groups excluding carboxylic acids is 1. The van der Waals surface area contributed by atoms with Gasteiger partial charge in [0, 0.05) is 11.6 Å². The van der Waals surface area contributed by atoms with Gasteiger partial charge in [0.05, 0.1) is 45.4 Å². The monoisotopic (exact) mass is 412 g/mol. The standard InChI is InChI=1S/C22H21FN2O5/c1-27-15-6-7-16(17(23)12-15)19(26)8-5-14-11-18(25-24-14)13-9-20(28-2)22(30-4)21(10-13)29-3/h5-12H,1-4H3,(H,24,25)/b8-5+. The lowest BCUT2D eigenvalue weighted by Gasteiger charge is -2.13. The highest BCUT2D eigenvalue weighted by Gasteiger charge is 2.15. The number of rotatable bonds is 8. The van der Waals surface area contributed by atoms with Crippen LogP contribution in [0.1, 0.15) is 16.1 Å². The summed E-state index contributed by atoms with van der Waals surface area (Å²) in [6, 6.07) is 9.36. The van der Waals surface area contributed by atoms with E-state index < -0.39 is 11.6 Å². The van der Waals surface area contributed by atoms with E-state index in [-0.39, 0.29) is 5.56 Å². The van der Waals surface area contributed by atoms with Crippen LogP contribution >= 0.6 is 0 Å². The van der Waals surface area contributed by atoms with Gasteiger partial charge >= 0.3 is 0 Å². The number of aromatic amines is 1. The topological polar surface area (TPSA) is 82.7 Å². The van der Waals surface area contributed by atoms with Crippen LogP contribution in [0.2, 0.25) is 0 Å². The molecule has 0 aliphatic rings. The second-order valence-electron chi connectivity index (χ2n) is 6.17. The number of benzene rings is 2. The third-order valence-electron chi connectivity index (χ3n) is 4.41. The molecule has 7 nitrogen and oxygen atoms in total. The SMILES string of the molecule is COc1ccc(C(=O)/C=C/c2cc(-c3cc(OC)c(OC)c(OC)c3)n[nH]2)c(F)c1. The molecule has 2 aromatic carbocycles. The van der Waals surface area contributed by atoms with E-state index in [2.05, 4.69) is 10.2 Å². The van der Waals surface area contributed by atoms with Crippen molar-refractivity contribution in [3.63, 3.8) is 0 Å². The average Bonchev–Trinajstić information content (AvgIpc) is 3.25. The van der Waals surface area contributed by atoms with Gasteiger partial charge in [-0.15, -0.1) is 0 Å². The number of hydrogen-bond donors (Lipinski definition) is 1. The Balaban J connectivity index is 1.84. The fourth-order valence-electron chi connectivity index (χ4n) is 2.88. The zero-order valence-electron chi connectivity index (χ0n) is 17.0. The van der Waals surface area contributed by atoms with Crippen molar-refractivity contribution in [3.05, 3.63) is 59.5 Å². The normalized spacial score (nSPS) is 10.8. The minimum Gasteiger partial charge on any atom is -0.497 e. The molecule has 0 atom stereocenters. The Kier molecular flexibility index (Phi) is 6.36. The van der Waals surface area contributed by atoms with Gasteiger partial charge in [0.15, 0.2) is 17.3 Å². The molecule has 0 saturated carbocycles. The Bertz CT molecular complexity index is 1070. The fourth-order valence-corrected chi connectivity index (χ4v) is 2.88. The highest BCUT2D eigenvalue weighted by molar-refractivity contribution is 6.07. The third kappa shape index (κ3) is 4.27. The van der Waals surface area contributed by atoms with Crippen molar-refractivity contribution in [1.82, 2.24) is 10.2 Å². The number of carbonyl (C=O) groups is 1. The maximum atomic E-state index is 14.1. The second kappa shape index (κ2) is 9.13. The highest BCUT2D eigenvalue weighted by atomic mass is 19.1. The lowest BCUT2D eigenvalue weighted by molar-refractivity contribution is 0.104. The van der Waals surface area contributed by atoms with Crippen molar-refractivity contribution < 1.29 is 28.1 Å². The first-order valence-corrected chi connectivity index (χ1v) is 8.92. The van der Waals surface area contributed by atoms with Crippen LogP contribution in [0.15, 0.2) is 42.5 Å². The molecule has 1 N–H and O–H groups in total. The molecular formula is C22H21FN2O5. The van der Waals surface area contributed by atoms with E-state index in [1.165, 1.54) is 58.8 Å². The van der Waals surface area contributed by atoms with E-state index in [0.29, 0.717) is 34.4 Å². The van der Waals surface area contributed by atoms with Gasteiger partial charge in [-0.05, 0) is 42.5 Å². The van der Waals surface area contributed by atoms with Gasteiger partial charge in [-0.2, -0.15) is 5.10 Å². The summed E-state index contributed by atoms with van der Waals surface area (Å²) in [5, 5.41) is 7.09. The fraction of sp³-hybridized carbons (Fsp3) is 0.182. The highest BCUT2D eigenvalue weighted by Crippen LogP contribution is 2.40. The smallest absolute Gasteiger partial charge is 0.203 e. The number of allylic oxidation sites excluding steroid dienone is 1. The molecule has 0 aliphatic carbocycles. The van der Waals surface area contributed by atoms with Crippen molar-refractivity contribution in [2.45, 2.75) is 0 Å². The lowest BCUT2D eigenvalue weighted by atomic mass is 10.1. The first-order chi connectivity index (χ1) is 14.5. The Morgan fingerprint density at radius 1 is 0.967 bits per heavy atom. The summed E-state index contributed by atoms with van der Waals surface area (Å²) in [4.78, 5) is 12.3. The molecule has 30 heavy (non-hydrogen) atoms. The molecular weight excluding hydrogens is 391 g/mol. The molecule has 0 radical (unpaired) electrons. The molecule has 1 aromatic heterocycles. The van der Waals surface area contributed by atoms with Crippen LogP contribution in [0.5, 0.6) is 23.0 Å². The summed E-state index contributed by atoms with van der Waals surface area (Å²) < 4.78 is 35.0. The molecule has 0 saturated heterocycles. The summed E-state index contributed by atoms with van der Waals surface area (Å²) in [6.07, 6.45) is 2.80. The van der Waals surface area contributed by atoms with Crippen molar-refractivity contribution in [2.75, 3.05) is 28.4 Å². The summed E-state index contributed by atoms with van der Waals surface area (Å²) >= 11 is 0. The zero-order valence-corrected chi connectivity index (χ0v) is 17.0. The van der Waals surface area contributed by atoms with Gasteiger partial charge in [0.1, 0.15) is 11.6 Å². The van der Waals surface area contributed by atoms with Crippen molar-refractivity contribution in [3.8, 4) is 34.3 Å². The van der Waals surface area contributed by atoms with Gasteiger partial charge in [-0.1, -0.05) is 0 Å². The van der Waals surface area contributed by atoms with Crippen molar-refractivity contribution >= 4 is 11.9 Å². The van der Waals surface area contributed by atoms with Crippen molar-refractivity contribution in [2.24, 2.45) is 0 Å². The second-order valence-corrected chi connectivity index (χ2v) is 6.17. The van der Waals surface area contributed by atoms with Crippen LogP contribution in [0.3, 0.4) is 0 Å². The number of hydrogen-bond acceptors (Lipinski definition) is 6. The number of ether oxygens (including phenoxy) is 4. The van der Waals surface area contributed by atoms with E-state index >= 15 is 0 Å². The molecule has 0 spiro atoms. The number of methoxy groups -OCH3 is 4. The van der Waals surface area contributed by atoms with Gasteiger partial charge < -0.3 is 18.9 Å². The quantitative estimate of drug-likeness (QED) is 0.442. The molecule has 0 unspecified atom stereocenters. The van der Waals surface area contributed by atoms with Crippen molar-refractivity contribution in [1.29, 1.82) is 0 Å². The molecule has 1 heterocycles. The Hall–Kier alpha value is -3.81. The number of ketones is 1. The molecule has 0 aliphatic heterocycles. The predicted molar refractivity (Wildman–Crippen MR) is 110 cm³/mol. The number of nitrogens with one attached hydrogen (secondary N) is 1. The van der Waals surface area contributed by atoms with Gasteiger partial charge in [0.2, 0.25) is 5.75 Å². The van der Waals surface area contributed by atoms with Crippen LogP contribution in [0.25, 0.3) is 17.3 Å². The Morgan fingerprint density at radius 2 is 1.67 bits per heavy atom. The van der Waals surface area contributed by atoms with Crippen LogP contribution in [0.4, 0.5) is 4.39 Å². The number of aromatic nitrogens is 2. The summed E-state index contributed by atoms with van der Waals surface area (Å²) in [5.74, 6) is 0.697. The van der Waals surface area contributed by atoms with E-state index in [4.69, 9.17) is 18.9 Å². The van der Waals surface area contributed by atoms with E-state index in [1.54, 1.807) is 18.2 Å². The van der Waals surface area contributed by atoms with E-state index in [9.17, 15) is 9.18 Å². The molecule has 0 amide bonds. The third-order valence-corrected chi connectivity index (χ3v) is 4.41. The Morgan fingerprint density at radius 3 is 2.23 bits per heavy atom. The van der Waals surface area contributed by atoms with Crippen LogP contribution in [-0.2, 0) is 0 Å². The molecule has 156 valence electrons. The lowest BCUT2D eigenvalue weighted by Crippen LogP contribution is -1.99. The maximum Gasteiger partial charge on any atom is 0.203 e. The first kappa shape index (κ1) is 20.9. The van der Waals surface area contributed by atoms with Gasteiger partial charge in [0.25, 0.3) is 0 Å². The minimum atomic E-state index is -0.647. The molecule has 3 rings (SSSR count). The predicted octanol–water partition coefficient (Wildman–Crippen LogP) is 4.15. The Labute approximate surface area is 173 Å². The molecule has 0 fully saturated rings. The maximum absolute atomic E-state index is 14.1. The number of nitrogens with zero attached hydrogens (tertiary/aromatic N) is 1. The van der Waals surface area contributed by atoms with Crippen LogP contribution in [0, 0.1) is 5.82 Å². The minimum absolute atomic E-state index is 0.0450. The van der Waals surface area contributed by atoms with E-state index in [0.717, 1.165) is 5.56 Å². The largest absolute Gasteiger partial charge is 0.497 e. The zero-order chi connectivity index (χ0) is 21.7. The summed E-state index contributed by atoms with van der Waals surface area (Å²) in [5.41, 5.74) is 1.86. The molecule has 8 heteroatoms. The van der Waals surface area contributed by atoms with Crippen LogP contribution < -0.4 is 18.9 Å². The van der Waals surface area contributed by atoms with Crippen LogP contribution in [-0.4, -0.2) is 44.4 Å². The summed E-state index contributed by atoms with van der Waals surface area (Å²) in [7, 11) is 6.02. The molecule has 0 bridgehead atoms. The number of H-pyrrole nitrogens is 1. The van der Waals surface area contributed by atoms with E-state index in [1.807, 2.05) is 0 Å². The first-order valence-electron chi connectivity index (χ1n) is 8.92. The van der Waals surface area contributed by atoms with Gasteiger partial charge in [-0.25, -0.2) is 4.39 Å². The molecule has 3 aromatic rings. The van der Waals surface area contributed by atoms with Gasteiger partial charge in [-0.3, -0.25) is 9.89 Å². The average molecular weight is 412 g/mol. The summed E-state index contributed by atoms with van der Waals surface area (Å²) in [6.45, 7) is 0.